The fourth-order valence-electron chi connectivity index (χ4n) is 2.55. The Morgan fingerprint density at radius 3 is 2.63 bits per heavy atom. The number of thiophene rings is 1. The molecule has 0 bridgehead atoms. The maximum atomic E-state index is 11.9. The number of anilines is 1. The molecule has 1 aromatic carbocycles. The molecule has 1 aliphatic rings. The molecule has 1 aromatic heterocycles. The average Bonchev–Trinajstić information content (AvgIpc) is 2.85. The summed E-state index contributed by atoms with van der Waals surface area (Å²) in [5.41, 5.74) is 1.63. The summed E-state index contributed by atoms with van der Waals surface area (Å²) in [4.78, 5) is 22.3. The lowest BCUT2D eigenvalue weighted by Crippen LogP contribution is -2.34. The van der Waals surface area contributed by atoms with Crippen LogP contribution in [0.2, 0.25) is 0 Å². The van der Waals surface area contributed by atoms with Crippen molar-refractivity contribution in [1.82, 2.24) is 0 Å². The van der Waals surface area contributed by atoms with E-state index in [2.05, 4.69) is 0 Å². The third-order valence-electron chi connectivity index (χ3n) is 3.34. The molecule has 0 spiro atoms. The van der Waals surface area contributed by atoms with Gasteiger partial charge in [0.05, 0.1) is 0 Å². The Hall–Kier alpha value is -1.13. The minimum absolute atomic E-state index is 0.632. The number of fused-ring (bicyclic) bond motifs is 1. The Morgan fingerprint density at radius 1 is 1.21 bits per heavy atom. The van der Waals surface area contributed by atoms with Crippen molar-refractivity contribution in [1.29, 1.82) is 0 Å². The summed E-state index contributed by atoms with van der Waals surface area (Å²) in [5.74, 6) is -0.857. The molecule has 4 nitrogen and oxygen atoms in total. The van der Waals surface area contributed by atoms with Crippen molar-refractivity contribution >= 4 is 24.6 Å². The molecular weight excluding hydrogens is 281 g/mol. The van der Waals surface area contributed by atoms with E-state index in [1.54, 1.807) is 11.3 Å². The zero-order chi connectivity index (χ0) is 13.5. The summed E-state index contributed by atoms with van der Waals surface area (Å²) < 4.78 is 11.9. The molecule has 19 heavy (non-hydrogen) atoms. The van der Waals surface area contributed by atoms with Gasteiger partial charge in [-0.1, -0.05) is 18.2 Å². The maximum absolute atomic E-state index is 11.9. The van der Waals surface area contributed by atoms with Crippen LogP contribution in [0.4, 0.5) is 5.69 Å². The quantitative estimate of drug-likeness (QED) is 0.836. The van der Waals surface area contributed by atoms with Gasteiger partial charge in [0, 0.05) is 22.7 Å². The molecule has 0 unspecified atom stereocenters. The van der Waals surface area contributed by atoms with E-state index in [0.717, 1.165) is 22.5 Å². The molecular formula is C13H14NO3PS. The van der Waals surface area contributed by atoms with E-state index < -0.39 is 13.4 Å². The van der Waals surface area contributed by atoms with Gasteiger partial charge in [-0.2, -0.15) is 0 Å². The SMILES string of the molecule is O=P(O)(O)[C@H]1c2ccsc2CCN1c1ccccc1. The Bertz CT molecular complexity index is 622. The maximum Gasteiger partial charge on any atom is 0.352 e. The highest BCUT2D eigenvalue weighted by Gasteiger charge is 2.40. The predicted octanol–water partition coefficient (Wildman–Crippen LogP) is 2.99. The molecule has 2 heterocycles. The fourth-order valence-corrected chi connectivity index (χ4v) is 4.76. The molecule has 0 fully saturated rings. The average molecular weight is 295 g/mol. The van der Waals surface area contributed by atoms with E-state index in [0.29, 0.717) is 6.54 Å². The third kappa shape index (κ3) is 2.35. The van der Waals surface area contributed by atoms with Crippen LogP contribution in [0.25, 0.3) is 0 Å². The van der Waals surface area contributed by atoms with E-state index in [1.165, 1.54) is 0 Å². The molecule has 1 aliphatic heterocycles. The van der Waals surface area contributed by atoms with Crippen molar-refractivity contribution in [3.05, 3.63) is 52.2 Å². The number of nitrogens with zero attached hydrogens (tertiary/aromatic N) is 1. The van der Waals surface area contributed by atoms with Gasteiger partial charge in [0.15, 0.2) is 5.78 Å². The second-order valence-corrected chi connectivity index (χ2v) is 7.21. The second kappa shape index (κ2) is 4.76. The van der Waals surface area contributed by atoms with Gasteiger partial charge >= 0.3 is 7.60 Å². The molecule has 0 amide bonds. The number of benzene rings is 1. The molecule has 0 saturated heterocycles. The summed E-state index contributed by atoms with van der Waals surface area (Å²) in [7, 11) is -4.23. The van der Waals surface area contributed by atoms with Gasteiger partial charge in [-0.05, 0) is 30.0 Å². The Kier molecular flexibility index (Phi) is 3.23. The lowest BCUT2D eigenvalue weighted by atomic mass is 10.1. The highest BCUT2D eigenvalue weighted by Crippen LogP contribution is 2.57. The van der Waals surface area contributed by atoms with E-state index in [1.807, 2.05) is 46.7 Å². The van der Waals surface area contributed by atoms with Crippen molar-refractivity contribution in [3.63, 3.8) is 0 Å². The van der Waals surface area contributed by atoms with Gasteiger partial charge in [0.25, 0.3) is 0 Å². The minimum atomic E-state index is -4.23. The Balaban J connectivity index is 2.09. The molecule has 2 N–H and O–H groups in total. The normalized spacial score (nSPS) is 19.3. The summed E-state index contributed by atoms with van der Waals surface area (Å²) in [6, 6.07) is 11.3. The van der Waals surface area contributed by atoms with Gasteiger partial charge in [0.1, 0.15) is 0 Å². The molecule has 0 saturated carbocycles. The monoisotopic (exact) mass is 295 g/mol. The van der Waals surface area contributed by atoms with Crippen molar-refractivity contribution in [3.8, 4) is 0 Å². The molecule has 2 aromatic rings. The topological polar surface area (TPSA) is 60.8 Å². The molecule has 1 atom stereocenters. The predicted molar refractivity (Wildman–Crippen MR) is 76.6 cm³/mol. The fraction of sp³-hybridized carbons (Fsp3) is 0.231. The molecule has 0 aliphatic carbocycles. The van der Waals surface area contributed by atoms with Gasteiger partial charge in [-0.3, -0.25) is 4.57 Å². The first-order valence-electron chi connectivity index (χ1n) is 6.00. The number of hydrogen-bond acceptors (Lipinski definition) is 3. The van der Waals surface area contributed by atoms with Crippen molar-refractivity contribution < 1.29 is 14.4 Å². The van der Waals surface area contributed by atoms with Crippen LogP contribution in [0.15, 0.2) is 41.8 Å². The van der Waals surface area contributed by atoms with Crippen molar-refractivity contribution in [2.24, 2.45) is 0 Å². The van der Waals surface area contributed by atoms with Crippen molar-refractivity contribution in [2.75, 3.05) is 11.4 Å². The second-order valence-electron chi connectivity index (χ2n) is 4.54. The minimum Gasteiger partial charge on any atom is -0.353 e. The van der Waals surface area contributed by atoms with Gasteiger partial charge < -0.3 is 14.7 Å². The standard InChI is InChI=1S/C13H14NO3PS/c15-18(16,17)13-11-7-9-19-12(11)6-8-14(13)10-4-2-1-3-5-10/h1-5,7,9,13H,6,8H2,(H2,15,16,17)/t13-/m0/s1. The zero-order valence-corrected chi connectivity index (χ0v) is 11.8. The molecule has 0 radical (unpaired) electrons. The largest absolute Gasteiger partial charge is 0.353 e. The lowest BCUT2D eigenvalue weighted by Gasteiger charge is -2.37. The van der Waals surface area contributed by atoms with Crippen LogP contribution >= 0.6 is 18.9 Å². The first-order valence-corrected chi connectivity index (χ1v) is 8.56. The lowest BCUT2D eigenvalue weighted by molar-refractivity contribution is 0.354. The summed E-state index contributed by atoms with van der Waals surface area (Å²) in [6.45, 7) is 0.632. The molecule has 3 rings (SSSR count). The summed E-state index contributed by atoms with van der Waals surface area (Å²) in [5, 5.41) is 1.90. The van der Waals surface area contributed by atoms with Gasteiger partial charge in [-0.15, -0.1) is 11.3 Å². The summed E-state index contributed by atoms with van der Waals surface area (Å²) >= 11 is 1.57. The number of para-hydroxylation sites is 1. The first-order chi connectivity index (χ1) is 9.07. The third-order valence-corrected chi connectivity index (χ3v) is 5.53. The van der Waals surface area contributed by atoms with Crippen LogP contribution in [0, 0.1) is 0 Å². The van der Waals surface area contributed by atoms with Crippen LogP contribution < -0.4 is 4.90 Å². The molecule has 100 valence electrons. The van der Waals surface area contributed by atoms with Gasteiger partial charge in [0.2, 0.25) is 0 Å². The number of rotatable bonds is 2. The van der Waals surface area contributed by atoms with E-state index in [-0.39, 0.29) is 0 Å². The van der Waals surface area contributed by atoms with E-state index in [9.17, 15) is 14.4 Å². The van der Waals surface area contributed by atoms with Crippen LogP contribution in [-0.4, -0.2) is 16.3 Å². The zero-order valence-electron chi connectivity index (χ0n) is 10.1. The first kappa shape index (κ1) is 12.9. The Labute approximate surface area is 115 Å². The highest BCUT2D eigenvalue weighted by molar-refractivity contribution is 7.52. The van der Waals surface area contributed by atoms with Crippen LogP contribution in [0.1, 0.15) is 16.2 Å². The highest BCUT2D eigenvalue weighted by atomic mass is 32.1. The van der Waals surface area contributed by atoms with Crippen LogP contribution in [0.3, 0.4) is 0 Å². The molecule has 6 heteroatoms. The smallest absolute Gasteiger partial charge is 0.352 e. The van der Waals surface area contributed by atoms with Crippen molar-refractivity contribution in [2.45, 2.75) is 12.2 Å². The van der Waals surface area contributed by atoms with E-state index in [4.69, 9.17) is 0 Å². The van der Waals surface area contributed by atoms with Crippen LogP contribution in [-0.2, 0) is 11.0 Å². The van der Waals surface area contributed by atoms with Gasteiger partial charge in [-0.25, -0.2) is 0 Å². The van der Waals surface area contributed by atoms with Crippen LogP contribution in [0.5, 0.6) is 0 Å². The van der Waals surface area contributed by atoms with E-state index >= 15 is 0 Å². The summed E-state index contributed by atoms with van der Waals surface area (Å²) in [6.07, 6.45) is 0.832. The Morgan fingerprint density at radius 2 is 1.95 bits per heavy atom. The number of hydrogen-bond donors (Lipinski definition) is 2.